The highest BCUT2D eigenvalue weighted by Crippen LogP contribution is 2.21. The molecule has 0 aromatic carbocycles. The van der Waals surface area contributed by atoms with Gasteiger partial charge in [0.25, 0.3) is 5.88 Å². The van der Waals surface area contributed by atoms with Crippen LogP contribution in [0.4, 0.5) is 5.69 Å². The number of aryl methyl sites for hydroxylation is 1. The molecule has 2 aromatic rings. The van der Waals surface area contributed by atoms with Gasteiger partial charge in [-0.15, -0.1) is 17.5 Å². The molecule has 0 fully saturated rings. The van der Waals surface area contributed by atoms with Crippen LogP contribution in [0.15, 0.2) is 18.6 Å². The van der Waals surface area contributed by atoms with Crippen LogP contribution in [0, 0.1) is 0 Å². The van der Waals surface area contributed by atoms with Crippen LogP contribution in [0.25, 0.3) is 0 Å². The number of hydrogen-bond acceptors (Lipinski definition) is 4. The zero-order valence-corrected chi connectivity index (χ0v) is 12.4. The lowest BCUT2D eigenvalue weighted by molar-refractivity contribution is 0.393. The van der Waals surface area contributed by atoms with E-state index in [1.807, 2.05) is 30.3 Å². The molecule has 0 saturated heterocycles. The van der Waals surface area contributed by atoms with Gasteiger partial charge in [0.1, 0.15) is 5.69 Å². The molecule has 0 saturated carbocycles. The van der Waals surface area contributed by atoms with Gasteiger partial charge in [-0.25, -0.2) is 0 Å². The van der Waals surface area contributed by atoms with Crippen LogP contribution in [0.3, 0.4) is 0 Å². The summed E-state index contributed by atoms with van der Waals surface area (Å²) in [5.74, 6) is 0.605. The van der Waals surface area contributed by atoms with Gasteiger partial charge in [0.2, 0.25) is 0 Å². The van der Waals surface area contributed by atoms with Crippen molar-refractivity contribution in [2.75, 3.05) is 12.4 Å². The number of rotatable bonds is 5. The Kier molecular flexibility index (Phi) is 5.23. The lowest BCUT2D eigenvalue weighted by Gasteiger charge is -2.04. The van der Waals surface area contributed by atoms with Crippen molar-refractivity contribution in [1.29, 1.82) is 0 Å². The van der Waals surface area contributed by atoms with Crippen molar-refractivity contribution in [2.45, 2.75) is 26.4 Å². The second-order valence-corrected chi connectivity index (χ2v) is 4.50. The van der Waals surface area contributed by atoms with Gasteiger partial charge in [0.05, 0.1) is 19.5 Å². The van der Waals surface area contributed by atoms with E-state index in [4.69, 9.17) is 4.74 Å². The van der Waals surface area contributed by atoms with Crippen molar-refractivity contribution in [2.24, 2.45) is 7.05 Å². The molecule has 2 heterocycles. The van der Waals surface area contributed by atoms with Crippen LogP contribution >= 0.6 is 12.4 Å². The van der Waals surface area contributed by atoms with Crippen LogP contribution in [-0.4, -0.2) is 26.7 Å². The Balaban J connectivity index is 0.00000180. The first-order valence-corrected chi connectivity index (χ1v) is 5.94. The predicted octanol–water partition coefficient (Wildman–Crippen LogP) is 2.24. The maximum absolute atomic E-state index is 5.18. The van der Waals surface area contributed by atoms with Crippen molar-refractivity contribution in [3.8, 4) is 5.88 Å². The number of ether oxygens (including phenoxy) is 1. The van der Waals surface area contributed by atoms with Crippen LogP contribution < -0.4 is 10.1 Å². The van der Waals surface area contributed by atoms with E-state index in [0.29, 0.717) is 18.5 Å². The third-order valence-electron chi connectivity index (χ3n) is 2.66. The summed E-state index contributed by atoms with van der Waals surface area (Å²) in [6.07, 6.45) is 5.81. The van der Waals surface area contributed by atoms with Gasteiger partial charge < -0.3 is 10.1 Å². The minimum absolute atomic E-state index is 0. The summed E-state index contributed by atoms with van der Waals surface area (Å²) >= 11 is 0. The normalized spacial score (nSPS) is 10.4. The predicted molar refractivity (Wildman–Crippen MR) is 76.9 cm³/mol. The Morgan fingerprint density at radius 3 is 2.68 bits per heavy atom. The fourth-order valence-electron chi connectivity index (χ4n) is 1.69. The Morgan fingerprint density at radius 2 is 2.11 bits per heavy atom. The first kappa shape index (κ1) is 15.4. The monoisotopic (exact) mass is 285 g/mol. The fourth-order valence-corrected chi connectivity index (χ4v) is 1.69. The molecule has 0 aliphatic heterocycles. The van der Waals surface area contributed by atoms with Gasteiger partial charge >= 0.3 is 0 Å². The number of aromatic nitrogens is 4. The number of nitrogens with zero attached hydrogens (tertiary/aromatic N) is 4. The fraction of sp³-hybridized carbons (Fsp3) is 0.500. The second-order valence-electron chi connectivity index (χ2n) is 4.50. The summed E-state index contributed by atoms with van der Waals surface area (Å²) in [5.41, 5.74) is 2.02. The summed E-state index contributed by atoms with van der Waals surface area (Å²) < 4.78 is 8.85. The summed E-state index contributed by atoms with van der Waals surface area (Å²) in [6, 6.07) is 0.381. The summed E-state index contributed by atoms with van der Waals surface area (Å²) in [6.45, 7) is 4.91. The molecule has 6 nitrogen and oxygen atoms in total. The molecule has 2 rings (SSSR count). The van der Waals surface area contributed by atoms with Crippen LogP contribution in [0.2, 0.25) is 0 Å². The van der Waals surface area contributed by atoms with Gasteiger partial charge in [-0.2, -0.15) is 5.10 Å². The van der Waals surface area contributed by atoms with E-state index in [1.54, 1.807) is 11.8 Å². The maximum atomic E-state index is 5.18. The molecule has 0 unspecified atom stereocenters. The highest BCUT2D eigenvalue weighted by Gasteiger charge is 2.08. The zero-order valence-electron chi connectivity index (χ0n) is 11.6. The molecule has 0 spiro atoms. The largest absolute Gasteiger partial charge is 0.478 e. The van der Waals surface area contributed by atoms with Gasteiger partial charge in [-0.3, -0.25) is 9.36 Å². The zero-order chi connectivity index (χ0) is 13.1. The van der Waals surface area contributed by atoms with Gasteiger partial charge in [0, 0.05) is 31.4 Å². The van der Waals surface area contributed by atoms with E-state index in [1.165, 1.54) is 0 Å². The SMILES string of the molecule is COc1nn(C)cc1NCc1cnn(C(C)C)c1.Cl. The Labute approximate surface area is 119 Å². The van der Waals surface area contributed by atoms with Crippen molar-refractivity contribution in [3.05, 3.63) is 24.2 Å². The van der Waals surface area contributed by atoms with Crippen molar-refractivity contribution in [3.63, 3.8) is 0 Å². The minimum atomic E-state index is 0. The van der Waals surface area contributed by atoms with E-state index >= 15 is 0 Å². The molecule has 106 valence electrons. The first-order valence-electron chi connectivity index (χ1n) is 5.94. The molecular weight excluding hydrogens is 266 g/mol. The smallest absolute Gasteiger partial charge is 0.256 e. The number of halogens is 1. The molecule has 0 amide bonds. The first-order chi connectivity index (χ1) is 8.60. The molecule has 2 aromatic heterocycles. The van der Waals surface area contributed by atoms with E-state index < -0.39 is 0 Å². The molecule has 0 aliphatic carbocycles. The van der Waals surface area contributed by atoms with Gasteiger partial charge in [-0.1, -0.05) is 0 Å². The number of hydrogen-bond donors (Lipinski definition) is 1. The van der Waals surface area contributed by atoms with E-state index in [2.05, 4.69) is 29.4 Å². The van der Waals surface area contributed by atoms with E-state index in [9.17, 15) is 0 Å². The van der Waals surface area contributed by atoms with Crippen LogP contribution in [0.5, 0.6) is 5.88 Å². The lowest BCUT2D eigenvalue weighted by atomic mass is 10.3. The molecule has 0 aliphatic rings. The average molecular weight is 286 g/mol. The number of anilines is 1. The lowest BCUT2D eigenvalue weighted by Crippen LogP contribution is -2.01. The Hall–Kier alpha value is -1.69. The minimum Gasteiger partial charge on any atom is -0.478 e. The highest BCUT2D eigenvalue weighted by atomic mass is 35.5. The molecule has 1 N–H and O–H groups in total. The summed E-state index contributed by atoms with van der Waals surface area (Å²) in [5, 5.41) is 11.8. The average Bonchev–Trinajstić information content (AvgIpc) is 2.92. The molecular formula is C12H20ClN5O. The highest BCUT2D eigenvalue weighted by molar-refractivity contribution is 5.85. The maximum Gasteiger partial charge on any atom is 0.256 e. The standard InChI is InChI=1S/C12H19N5O.ClH/c1-9(2)17-7-10(6-14-17)5-13-11-8-16(3)15-12(11)18-4;/h6-9,13H,5H2,1-4H3;1H. The quantitative estimate of drug-likeness (QED) is 0.915. The van der Waals surface area contributed by atoms with Crippen LogP contribution in [0.1, 0.15) is 25.5 Å². The molecule has 0 bridgehead atoms. The third kappa shape index (κ3) is 3.64. The van der Waals surface area contributed by atoms with Gasteiger partial charge in [0.15, 0.2) is 0 Å². The summed E-state index contributed by atoms with van der Waals surface area (Å²) in [7, 11) is 3.48. The molecule has 0 radical (unpaired) electrons. The van der Waals surface area contributed by atoms with Crippen LogP contribution in [-0.2, 0) is 13.6 Å². The third-order valence-corrected chi connectivity index (χ3v) is 2.66. The van der Waals surface area contributed by atoms with Gasteiger partial charge in [-0.05, 0) is 13.8 Å². The second kappa shape index (κ2) is 6.47. The summed E-state index contributed by atoms with van der Waals surface area (Å²) in [4.78, 5) is 0. The molecule has 0 atom stereocenters. The van der Waals surface area contributed by atoms with E-state index in [0.717, 1.165) is 11.3 Å². The molecule has 19 heavy (non-hydrogen) atoms. The van der Waals surface area contributed by atoms with Crippen molar-refractivity contribution in [1.82, 2.24) is 19.6 Å². The Bertz CT molecular complexity index is 520. The van der Waals surface area contributed by atoms with Crippen molar-refractivity contribution >= 4 is 18.1 Å². The topological polar surface area (TPSA) is 56.9 Å². The van der Waals surface area contributed by atoms with E-state index in [-0.39, 0.29) is 12.4 Å². The molecule has 7 heteroatoms. The Morgan fingerprint density at radius 1 is 1.37 bits per heavy atom. The van der Waals surface area contributed by atoms with Crippen molar-refractivity contribution < 1.29 is 4.74 Å². The number of nitrogens with one attached hydrogen (secondary N) is 1. The number of methoxy groups -OCH3 is 1.